The molecule has 0 saturated carbocycles. The first-order chi connectivity index (χ1) is 1.41. The Hall–Kier alpha value is 0.01000. The first-order valence-corrected chi connectivity index (χ1v) is 1.12. The molecule has 0 fully saturated rings. The van der Waals surface area contributed by atoms with Gasteiger partial charge in [-0.25, -0.2) is 0 Å². The van der Waals surface area contributed by atoms with Crippen LogP contribution in [0.1, 0.15) is 0 Å². The van der Waals surface area contributed by atoms with E-state index in [0.29, 0.717) is 0 Å². The maximum Gasteiger partial charge on any atom is 0.117 e. The molecule has 0 spiro atoms. The maximum absolute atomic E-state index is 7.33. The molecule has 13 N–H and O–H groups in total. The molecule has 0 heterocycles. The summed E-state index contributed by atoms with van der Waals surface area (Å²) >= 11 is 4.55. The quantitative estimate of drug-likeness (QED) is 0.352. The van der Waals surface area contributed by atoms with Gasteiger partial charge in [-0.2, -0.15) is 0 Å². The third kappa shape index (κ3) is 2890000. The lowest BCUT2D eigenvalue weighted by Gasteiger charge is -1.49. The molecule has 0 saturated heterocycles. The van der Waals surface area contributed by atoms with Crippen molar-refractivity contribution in [3.05, 3.63) is 0 Å². The summed E-state index contributed by atoms with van der Waals surface area (Å²) in [4.78, 5) is 0. The van der Waals surface area contributed by atoms with Crippen LogP contribution in [0.25, 0.3) is 0 Å². The van der Waals surface area contributed by atoms with E-state index < -0.39 is 0 Å². The number of alkyl halides is 1. The summed E-state index contributed by atoms with van der Waals surface area (Å²) in [6.45, 7) is 0. The third-order valence-corrected chi connectivity index (χ3v) is 0. The van der Waals surface area contributed by atoms with Crippen LogP contribution in [0.5, 0.6) is 0 Å². The zero-order chi connectivity index (χ0) is 2.71. The van der Waals surface area contributed by atoms with Gasteiger partial charge in [0.05, 0.1) is 0 Å². The Morgan fingerprint density at radius 1 is 0.778 bits per heavy atom. The molecule has 7 nitrogen and oxygen atoms in total. The molecule has 0 radical (unpaired) electrons. The van der Waals surface area contributed by atoms with Gasteiger partial charge >= 0.3 is 0 Å². The molecule has 0 aliphatic heterocycles. The molecule has 0 unspecified atom stereocenters. The van der Waals surface area contributed by atoms with E-state index in [1.54, 1.807) is 0 Å². The summed E-state index contributed by atoms with van der Waals surface area (Å²) in [6, 6.07) is -0.278. The van der Waals surface area contributed by atoms with E-state index in [1.165, 1.54) is 0 Å². The van der Waals surface area contributed by atoms with Gasteiger partial charge in [-0.05, 0) is 0 Å². The Morgan fingerprint density at radius 2 is 0.778 bits per heavy atom. The Bertz CT molecular complexity index is 8.88. The van der Waals surface area contributed by atoms with Gasteiger partial charge in [0.2, 0.25) is 0 Å². The van der Waals surface area contributed by atoms with E-state index in [4.69, 9.17) is 5.11 Å². The zero-order valence-corrected chi connectivity index (χ0v) is 5.29. The lowest BCUT2D eigenvalue weighted by Crippen LogP contribution is -1.49. The number of aliphatic hydroxyl groups is 1. The average molecular weight is 175 g/mol. The molecule has 9 heavy (non-hydrogen) atoms. The van der Waals surface area contributed by atoms with Gasteiger partial charge in [-0.1, -0.05) is 11.6 Å². The molecule has 0 atom stereocenters. The molecular formula is CH15ClO7. The first-order valence-electron chi connectivity index (χ1n) is 0.583. The monoisotopic (exact) mass is 174 g/mol. The van der Waals surface area contributed by atoms with Crippen molar-refractivity contribution in [1.29, 1.82) is 0 Å². The fourth-order valence-electron chi connectivity index (χ4n) is 0. The highest BCUT2D eigenvalue weighted by atomic mass is 35.5. The molecule has 0 aromatic rings. The smallest absolute Gasteiger partial charge is 0.117 e. The van der Waals surface area contributed by atoms with E-state index in [-0.39, 0.29) is 38.9 Å². The Labute approximate surface area is 56.7 Å². The van der Waals surface area contributed by atoms with Gasteiger partial charge in [0.1, 0.15) is 6.07 Å². The van der Waals surface area contributed by atoms with E-state index in [9.17, 15) is 0 Å². The molecule has 0 aromatic heterocycles. The molecule has 0 amide bonds. The predicted molar refractivity (Wildman–Crippen MR) is 34.6 cm³/mol. The molecular weight excluding hydrogens is 159 g/mol. The van der Waals surface area contributed by atoms with Crippen LogP contribution in [0, 0.1) is 0 Å². The molecule has 0 aliphatic carbocycles. The van der Waals surface area contributed by atoms with Gasteiger partial charge in [0, 0.05) is 0 Å². The van der Waals surface area contributed by atoms with Crippen molar-refractivity contribution in [3.8, 4) is 0 Å². The maximum atomic E-state index is 7.33. The number of halogens is 1. The lowest BCUT2D eigenvalue weighted by atomic mass is 11.7. The largest absolute Gasteiger partial charge is 0.412 e. The van der Waals surface area contributed by atoms with Crippen molar-refractivity contribution in [1.82, 2.24) is 0 Å². The second-order valence-corrected chi connectivity index (χ2v) is 0.359. The zero-order valence-electron chi connectivity index (χ0n) is 4.53. The van der Waals surface area contributed by atoms with Gasteiger partial charge in [0.15, 0.2) is 0 Å². The van der Waals surface area contributed by atoms with Crippen molar-refractivity contribution in [2.75, 3.05) is 6.07 Å². The van der Waals surface area contributed by atoms with E-state index in [0.717, 1.165) is 0 Å². The molecule has 0 aliphatic rings. The summed E-state index contributed by atoms with van der Waals surface area (Å²) in [7, 11) is 0. The van der Waals surface area contributed by atoms with Gasteiger partial charge in [0.25, 0.3) is 0 Å². The van der Waals surface area contributed by atoms with E-state index in [2.05, 4.69) is 11.6 Å². The summed E-state index contributed by atoms with van der Waals surface area (Å²) in [5.74, 6) is 0. The number of rotatable bonds is 0. The highest BCUT2D eigenvalue weighted by Gasteiger charge is 1.37. The fraction of sp³-hybridized carbons (Fsp3) is 1.00. The van der Waals surface area contributed by atoms with Gasteiger partial charge < -0.3 is 38.0 Å². The highest BCUT2D eigenvalue weighted by Crippen LogP contribution is 1.53. The SMILES string of the molecule is O.O.O.O.O.O.OCCl. The summed E-state index contributed by atoms with van der Waals surface area (Å²) in [6.07, 6.45) is 0. The number of aliphatic hydroxyl groups excluding tert-OH is 1. The van der Waals surface area contributed by atoms with Crippen LogP contribution in [0.4, 0.5) is 0 Å². The second-order valence-electron chi connectivity index (χ2n) is 0.120. The van der Waals surface area contributed by atoms with Crippen LogP contribution < -0.4 is 0 Å². The molecule has 0 rings (SSSR count). The highest BCUT2D eigenvalue weighted by molar-refractivity contribution is 6.16. The van der Waals surface area contributed by atoms with Crippen LogP contribution in [0.3, 0.4) is 0 Å². The van der Waals surface area contributed by atoms with Crippen LogP contribution in [0.15, 0.2) is 0 Å². The van der Waals surface area contributed by atoms with Crippen LogP contribution in [-0.4, -0.2) is 44.0 Å². The lowest BCUT2D eigenvalue weighted by molar-refractivity contribution is 0.370. The molecule has 0 aromatic carbocycles. The minimum Gasteiger partial charge on any atom is -0.412 e. The van der Waals surface area contributed by atoms with Crippen LogP contribution in [0.2, 0.25) is 0 Å². The Balaban J connectivity index is -0.00000000133. The predicted octanol–water partition coefficient (Wildman–Crippen LogP) is -4.77. The minimum atomic E-state index is -0.278. The molecule has 0 bridgehead atoms. The third-order valence-electron chi connectivity index (χ3n) is 0. The summed E-state index contributed by atoms with van der Waals surface area (Å²) < 4.78 is 0. The van der Waals surface area contributed by atoms with Crippen LogP contribution >= 0.6 is 11.6 Å². The van der Waals surface area contributed by atoms with E-state index in [1.807, 2.05) is 0 Å². The number of hydrogen-bond donors (Lipinski definition) is 1. The Kier molecular flexibility index (Phi) is 6130. The van der Waals surface area contributed by atoms with Crippen molar-refractivity contribution in [3.63, 3.8) is 0 Å². The van der Waals surface area contributed by atoms with Gasteiger partial charge in [-0.3, -0.25) is 0 Å². The summed E-state index contributed by atoms with van der Waals surface area (Å²) in [5, 5.41) is 7.33. The minimum absolute atomic E-state index is 0. The summed E-state index contributed by atoms with van der Waals surface area (Å²) in [5.41, 5.74) is 0. The topological polar surface area (TPSA) is 209 Å². The van der Waals surface area contributed by atoms with Crippen molar-refractivity contribution in [2.24, 2.45) is 0 Å². The Morgan fingerprint density at radius 3 is 0.778 bits per heavy atom. The fourth-order valence-corrected chi connectivity index (χ4v) is 0. The standard InChI is InChI=1S/CH3ClO.6H2O/c2-1-3;;;;;;/h3H,1H2;6*1H2. The number of hydrogen-bond acceptors (Lipinski definition) is 1. The molecule has 8 heteroatoms. The van der Waals surface area contributed by atoms with Crippen LogP contribution in [-0.2, 0) is 0 Å². The van der Waals surface area contributed by atoms with Crippen molar-refractivity contribution >= 4 is 11.6 Å². The van der Waals surface area contributed by atoms with Crippen molar-refractivity contribution < 1.29 is 38.0 Å². The normalized spacial score (nSPS) is 2.00. The average Bonchev–Trinajstić information content (AvgIpc) is 0.918. The second kappa shape index (κ2) is 386. The van der Waals surface area contributed by atoms with Crippen molar-refractivity contribution in [2.45, 2.75) is 0 Å². The molecule has 68 valence electrons. The van der Waals surface area contributed by atoms with Gasteiger partial charge in [-0.15, -0.1) is 0 Å². The van der Waals surface area contributed by atoms with E-state index >= 15 is 0 Å². The first kappa shape index (κ1) is 143.